The van der Waals surface area contributed by atoms with Gasteiger partial charge in [0.25, 0.3) is 0 Å². The average molecular weight is 257 g/mol. The van der Waals surface area contributed by atoms with Crippen molar-refractivity contribution >= 4 is 29.0 Å². The van der Waals surface area contributed by atoms with E-state index in [2.05, 4.69) is 0 Å². The van der Waals surface area contributed by atoms with Crippen molar-refractivity contribution in [2.24, 2.45) is 0 Å². The Hall–Kier alpha value is -0.240. The molecule has 0 aliphatic heterocycles. The molecule has 0 bridgehead atoms. The predicted octanol–water partition coefficient (Wildman–Crippen LogP) is 0.162. The van der Waals surface area contributed by atoms with E-state index in [-0.39, 0.29) is 4.90 Å². The average Bonchev–Trinajstić information content (AvgIpc) is 2.52. The normalized spacial score (nSPS) is 13.0. The largest absolute Gasteiger partial charge is 0.340 e. The van der Waals surface area contributed by atoms with Gasteiger partial charge in [0, 0.05) is 5.38 Å². The van der Waals surface area contributed by atoms with Crippen LogP contribution in [0.15, 0.2) is 21.7 Å². The number of sulfonamides is 1. The summed E-state index contributed by atoms with van der Waals surface area (Å²) in [5.74, 6) is 0. The Bertz CT molecular complexity index is 433. The van der Waals surface area contributed by atoms with Crippen LogP contribution < -0.4 is 4.72 Å². The predicted molar refractivity (Wildman–Crippen MR) is 51.6 cm³/mol. The lowest BCUT2D eigenvalue weighted by Gasteiger charge is -2.05. The number of rotatable bonds is 4. The van der Waals surface area contributed by atoms with Crippen molar-refractivity contribution in [3.63, 3.8) is 0 Å². The molecule has 0 aliphatic carbocycles. The summed E-state index contributed by atoms with van der Waals surface area (Å²) in [6, 6.07) is 1.35. The van der Waals surface area contributed by atoms with Crippen molar-refractivity contribution in [3.05, 3.63) is 16.8 Å². The summed E-state index contributed by atoms with van der Waals surface area (Å²) in [5, 5.41) is 2.94. The van der Waals surface area contributed by atoms with Gasteiger partial charge < -0.3 is 9.79 Å². The van der Waals surface area contributed by atoms with Gasteiger partial charge in [0.2, 0.25) is 10.0 Å². The molecule has 1 heterocycles. The Kier molecular flexibility index (Phi) is 3.46. The van der Waals surface area contributed by atoms with Crippen molar-refractivity contribution in [2.75, 3.05) is 6.29 Å². The second-order valence-corrected chi connectivity index (χ2v) is 6.62. The van der Waals surface area contributed by atoms with Gasteiger partial charge in [0.1, 0.15) is 6.29 Å². The van der Waals surface area contributed by atoms with E-state index in [1.807, 2.05) is 4.72 Å². The lowest BCUT2D eigenvalue weighted by Crippen LogP contribution is -2.24. The highest BCUT2D eigenvalue weighted by molar-refractivity contribution is 7.90. The van der Waals surface area contributed by atoms with Gasteiger partial charge in [-0.2, -0.15) is 16.1 Å². The molecule has 3 N–H and O–H groups in total. The topological polar surface area (TPSA) is 104 Å². The molecule has 0 radical (unpaired) electrons. The zero-order valence-electron chi connectivity index (χ0n) is 6.82. The molecule has 14 heavy (non-hydrogen) atoms. The SMILES string of the molecule is O=P(O)(O)CNS(=O)(=O)c1ccsc1. The number of thiophene rings is 1. The van der Waals surface area contributed by atoms with Gasteiger partial charge in [-0.15, -0.1) is 0 Å². The summed E-state index contributed by atoms with van der Waals surface area (Å²) in [6.45, 7) is 0. The lowest BCUT2D eigenvalue weighted by molar-refractivity contribution is 0.371. The van der Waals surface area contributed by atoms with E-state index < -0.39 is 23.9 Å². The molecule has 9 heteroatoms. The molecule has 0 unspecified atom stereocenters. The van der Waals surface area contributed by atoms with E-state index >= 15 is 0 Å². The first-order valence-corrected chi connectivity index (χ1v) is 7.60. The van der Waals surface area contributed by atoms with Crippen LogP contribution in [0, 0.1) is 0 Å². The number of hydrogen-bond acceptors (Lipinski definition) is 4. The highest BCUT2D eigenvalue weighted by atomic mass is 32.2. The molecule has 0 aliphatic rings. The van der Waals surface area contributed by atoms with Gasteiger partial charge in [-0.3, -0.25) is 4.57 Å². The fourth-order valence-corrected chi connectivity index (χ4v) is 3.70. The maximum absolute atomic E-state index is 11.3. The molecule has 0 saturated heterocycles. The van der Waals surface area contributed by atoms with Gasteiger partial charge in [-0.1, -0.05) is 0 Å². The van der Waals surface area contributed by atoms with Crippen LogP contribution in [-0.2, 0) is 14.6 Å². The number of hydrogen-bond donors (Lipinski definition) is 3. The highest BCUT2D eigenvalue weighted by Crippen LogP contribution is 2.32. The van der Waals surface area contributed by atoms with Crippen molar-refractivity contribution in [3.8, 4) is 0 Å². The van der Waals surface area contributed by atoms with Crippen LogP contribution in [0.25, 0.3) is 0 Å². The van der Waals surface area contributed by atoms with E-state index in [1.54, 1.807) is 5.38 Å². The summed E-state index contributed by atoms with van der Waals surface area (Å²) in [5.41, 5.74) is 0. The zero-order valence-corrected chi connectivity index (χ0v) is 9.35. The Morgan fingerprint density at radius 1 is 1.50 bits per heavy atom. The summed E-state index contributed by atoms with van der Waals surface area (Å²) >= 11 is 1.19. The third-order valence-electron chi connectivity index (χ3n) is 1.27. The van der Waals surface area contributed by atoms with Gasteiger partial charge in [-0.05, 0) is 11.4 Å². The van der Waals surface area contributed by atoms with Gasteiger partial charge >= 0.3 is 7.60 Å². The molecule has 1 rings (SSSR count). The third-order valence-corrected chi connectivity index (χ3v) is 4.28. The van der Waals surface area contributed by atoms with Crippen molar-refractivity contribution in [1.29, 1.82) is 0 Å². The van der Waals surface area contributed by atoms with Crippen LogP contribution in [0.2, 0.25) is 0 Å². The van der Waals surface area contributed by atoms with Crippen molar-refractivity contribution in [1.82, 2.24) is 4.72 Å². The fourth-order valence-electron chi connectivity index (χ4n) is 0.657. The monoisotopic (exact) mass is 257 g/mol. The highest BCUT2D eigenvalue weighted by Gasteiger charge is 2.20. The molecule has 0 spiro atoms. The molecule has 0 amide bonds. The lowest BCUT2D eigenvalue weighted by atomic mass is 10.7. The smallest absolute Gasteiger partial charge is 0.324 e. The Balaban J connectivity index is 2.75. The minimum absolute atomic E-state index is 0.0101. The van der Waals surface area contributed by atoms with Gasteiger partial charge in [-0.25, -0.2) is 8.42 Å². The first-order chi connectivity index (χ1) is 6.31. The fraction of sp³-hybridized carbons (Fsp3) is 0.200. The minimum Gasteiger partial charge on any atom is -0.324 e. The van der Waals surface area contributed by atoms with Crippen LogP contribution >= 0.6 is 18.9 Å². The van der Waals surface area contributed by atoms with Crippen LogP contribution in [0.5, 0.6) is 0 Å². The van der Waals surface area contributed by atoms with Crippen LogP contribution in [0.4, 0.5) is 0 Å². The summed E-state index contributed by atoms with van der Waals surface area (Å²) < 4.78 is 34.8. The second kappa shape index (κ2) is 4.09. The maximum Gasteiger partial charge on any atom is 0.340 e. The van der Waals surface area contributed by atoms with Crippen LogP contribution in [0.1, 0.15) is 0 Å². The quantitative estimate of drug-likeness (QED) is 0.667. The summed E-state index contributed by atoms with van der Waals surface area (Å²) in [7, 11) is -8.13. The van der Waals surface area contributed by atoms with E-state index in [0.29, 0.717) is 0 Å². The van der Waals surface area contributed by atoms with Crippen LogP contribution in [0.3, 0.4) is 0 Å². The molecular formula is C5H8NO5PS2. The molecule has 0 fully saturated rings. The third kappa shape index (κ3) is 3.49. The van der Waals surface area contributed by atoms with E-state index in [0.717, 1.165) is 0 Å². The molecule has 0 atom stereocenters. The Morgan fingerprint density at radius 2 is 2.14 bits per heavy atom. The van der Waals surface area contributed by atoms with E-state index in [4.69, 9.17) is 9.79 Å². The maximum atomic E-state index is 11.3. The van der Waals surface area contributed by atoms with Crippen molar-refractivity contribution in [2.45, 2.75) is 4.90 Å². The van der Waals surface area contributed by atoms with Gasteiger partial charge in [0.05, 0.1) is 4.90 Å². The van der Waals surface area contributed by atoms with Crippen LogP contribution in [-0.4, -0.2) is 24.5 Å². The first-order valence-electron chi connectivity index (χ1n) is 3.38. The van der Waals surface area contributed by atoms with E-state index in [9.17, 15) is 13.0 Å². The summed E-state index contributed by atoms with van der Waals surface area (Å²) in [6.07, 6.45) is -0.884. The minimum atomic E-state index is -4.35. The standard InChI is InChI=1S/C5H8NO5PS2/c7-12(8,9)4-6-14(10,11)5-1-2-13-3-5/h1-3,6H,4H2,(H2,7,8,9). The second-order valence-electron chi connectivity index (χ2n) is 2.43. The molecular weight excluding hydrogens is 249 g/mol. The van der Waals surface area contributed by atoms with Crippen molar-refractivity contribution < 1.29 is 22.8 Å². The molecule has 0 aromatic carbocycles. The number of nitrogens with one attached hydrogen (secondary N) is 1. The molecule has 1 aromatic heterocycles. The van der Waals surface area contributed by atoms with Gasteiger partial charge in [0.15, 0.2) is 0 Å². The Labute approximate surface area is 84.8 Å². The first kappa shape index (κ1) is 11.8. The molecule has 80 valence electrons. The molecule has 6 nitrogen and oxygen atoms in total. The Morgan fingerprint density at radius 3 is 2.57 bits per heavy atom. The zero-order chi connectivity index (χ0) is 10.8. The molecule has 1 aromatic rings. The molecule has 0 saturated carbocycles. The summed E-state index contributed by atoms with van der Waals surface area (Å²) in [4.78, 5) is 16.9. The van der Waals surface area contributed by atoms with E-state index in [1.165, 1.54) is 22.8 Å².